The second-order valence-electron chi connectivity index (χ2n) is 5.49. The van der Waals surface area contributed by atoms with Crippen LogP contribution in [0, 0.1) is 19.7 Å². The molecule has 1 unspecified atom stereocenters. The SMILES string of the molecule is Cc1nc(CN2CCc3ccc(F)cc3C2C)oc1C. The summed E-state index contributed by atoms with van der Waals surface area (Å²) in [5, 5.41) is 0. The molecule has 3 nitrogen and oxygen atoms in total. The fraction of sp³-hybridized carbons (Fsp3) is 0.438. The molecule has 1 aromatic carbocycles. The number of aryl methyl sites for hydroxylation is 2. The highest BCUT2D eigenvalue weighted by molar-refractivity contribution is 5.32. The van der Waals surface area contributed by atoms with Crippen LogP contribution in [0.2, 0.25) is 0 Å². The number of hydrogen-bond acceptors (Lipinski definition) is 3. The maximum Gasteiger partial charge on any atom is 0.208 e. The topological polar surface area (TPSA) is 29.3 Å². The summed E-state index contributed by atoms with van der Waals surface area (Å²) < 4.78 is 19.1. The molecule has 20 heavy (non-hydrogen) atoms. The lowest BCUT2D eigenvalue weighted by Gasteiger charge is -2.34. The Morgan fingerprint density at radius 2 is 2.20 bits per heavy atom. The molecule has 1 atom stereocenters. The third-order valence-corrected chi connectivity index (χ3v) is 4.19. The van der Waals surface area contributed by atoms with Gasteiger partial charge in [-0.05, 0) is 50.5 Å². The number of benzene rings is 1. The summed E-state index contributed by atoms with van der Waals surface area (Å²) in [5.41, 5.74) is 3.27. The Balaban J connectivity index is 1.82. The number of hydrogen-bond donors (Lipinski definition) is 0. The van der Waals surface area contributed by atoms with E-state index in [0.29, 0.717) is 6.54 Å². The van der Waals surface area contributed by atoms with Crippen LogP contribution in [0.3, 0.4) is 0 Å². The lowest BCUT2D eigenvalue weighted by molar-refractivity contribution is 0.171. The molecule has 106 valence electrons. The van der Waals surface area contributed by atoms with Crippen LogP contribution in [0.15, 0.2) is 22.6 Å². The van der Waals surface area contributed by atoms with E-state index in [2.05, 4.69) is 16.8 Å². The third kappa shape index (κ3) is 2.36. The van der Waals surface area contributed by atoms with Crippen molar-refractivity contribution in [2.75, 3.05) is 6.54 Å². The summed E-state index contributed by atoms with van der Waals surface area (Å²) in [4.78, 5) is 6.71. The molecule has 1 aliphatic rings. The molecule has 4 heteroatoms. The molecule has 1 aromatic heterocycles. The molecule has 0 spiro atoms. The second-order valence-corrected chi connectivity index (χ2v) is 5.49. The van der Waals surface area contributed by atoms with Crippen LogP contribution < -0.4 is 0 Å². The fourth-order valence-electron chi connectivity index (χ4n) is 2.83. The molecule has 0 radical (unpaired) electrons. The number of halogens is 1. The quantitative estimate of drug-likeness (QED) is 0.838. The molecule has 0 fully saturated rings. The normalized spacial score (nSPS) is 19.1. The van der Waals surface area contributed by atoms with Gasteiger partial charge in [0.2, 0.25) is 5.89 Å². The molecular weight excluding hydrogens is 255 g/mol. The van der Waals surface area contributed by atoms with E-state index in [1.54, 1.807) is 12.1 Å². The van der Waals surface area contributed by atoms with E-state index in [-0.39, 0.29) is 11.9 Å². The van der Waals surface area contributed by atoms with E-state index >= 15 is 0 Å². The highest BCUT2D eigenvalue weighted by Gasteiger charge is 2.25. The molecule has 1 aliphatic heterocycles. The van der Waals surface area contributed by atoms with E-state index in [9.17, 15) is 4.39 Å². The van der Waals surface area contributed by atoms with Crippen LogP contribution in [0.25, 0.3) is 0 Å². The number of aromatic nitrogens is 1. The van der Waals surface area contributed by atoms with Gasteiger partial charge in [-0.15, -0.1) is 0 Å². The molecule has 2 heterocycles. The molecule has 0 aliphatic carbocycles. The van der Waals surface area contributed by atoms with Gasteiger partial charge in [0, 0.05) is 12.6 Å². The number of nitrogens with zero attached hydrogens (tertiary/aromatic N) is 2. The Bertz CT molecular complexity index is 616. The first kappa shape index (κ1) is 13.3. The second kappa shape index (κ2) is 5.02. The highest BCUT2D eigenvalue weighted by atomic mass is 19.1. The summed E-state index contributed by atoms with van der Waals surface area (Å²) in [5.74, 6) is 1.45. The first-order chi connectivity index (χ1) is 9.54. The van der Waals surface area contributed by atoms with Crippen LogP contribution in [0.1, 0.15) is 41.4 Å². The monoisotopic (exact) mass is 274 g/mol. The number of fused-ring (bicyclic) bond motifs is 1. The summed E-state index contributed by atoms with van der Waals surface area (Å²) >= 11 is 0. The Labute approximate surface area is 118 Å². The van der Waals surface area contributed by atoms with Gasteiger partial charge in [-0.2, -0.15) is 0 Å². The molecule has 0 saturated carbocycles. The average molecular weight is 274 g/mol. The first-order valence-corrected chi connectivity index (χ1v) is 7.00. The lowest BCUT2D eigenvalue weighted by Crippen LogP contribution is -2.33. The van der Waals surface area contributed by atoms with Crippen molar-refractivity contribution in [3.63, 3.8) is 0 Å². The van der Waals surface area contributed by atoms with E-state index in [0.717, 1.165) is 35.9 Å². The van der Waals surface area contributed by atoms with Crippen molar-refractivity contribution in [3.8, 4) is 0 Å². The predicted molar refractivity (Wildman–Crippen MR) is 74.9 cm³/mol. The number of rotatable bonds is 2. The van der Waals surface area contributed by atoms with Gasteiger partial charge >= 0.3 is 0 Å². The molecular formula is C16H19FN2O. The predicted octanol–water partition coefficient (Wildman–Crippen LogP) is 3.55. The van der Waals surface area contributed by atoms with Crippen molar-refractivity contribution in [2.24, 2.45) is 0 Å². The largest absolute Gasteiger partial charge is 0.444 e. The van der Waals surface area contributed by atoms with Gasteiger partial charge in [-0.1, -0.05) is 6.07 Å². The zero-order chi connectivity index (χ0) is 14.3. The van der Waals surface area contributed by atoms with Crippen LogP contribution in [-0.2, 0) is 13.0 Å². The maximum atomic E-state index is 13.4. The zero-order valence-electron chi connectivity index (χ0n) is 12.1. The highest BCUT2D eigenvalue weighted by Crippen LogP contribution is 2.31. The van der Waals surface area contributed by atoms with E-state index < -0.39 is 0 Å². The standard InChI is InChI=1S/C16H19FN2O/c1-10-12(3)20-16(18-10)9-19-7-6-13-4-5-14(17)8-15(13)11(19)2/h4-5,8,11H,6-7,9H2,1-3H3. The Hall–Kier alpha value is -1.68. The minimum absolute atomic E-state index is 0.166. The average Bonchev–Trinajstić information content (AvgIpc) is 2.72. The van der Waals surface area contributed by atoms with Gasteiger partial charge in [0.25, 0.3) is 0 Å². The summed E-state index contributed by atoms with van der Waals surface area (Å²) in [7, 11) is 0. The van der Waals surface area contributed by atoms with Gasteiger partial charge in [-0.3, -0.25) is 4.90 Å². The summed E-state index contributed by atoms with van der Waals surface area (Å²) in [6.45, 7) is 7.61. The molecule has 0 bridgehead atoms. The zero-order valence-corrected chi connectivity index (χ0v) is 12.1. The Morgan fingerprint density at radius 1 is 1.40 bits per heavy atom. The molecule has 0 N–H and O–H groups in total. The first-order valence-electron chi connectivity index (χ1n) is 7.00. The van der Waals surface area contributed by atoms with Crippen molar-refractivity contribution in [1.82, 2.24) is 9.88 Å². The Morgan fingerprint density at radius 3 is 2.90 bits per heavy atom. The van der Waals surface area contributed by atoms with Crippen LogP contribution >= 0.6 is 0 Å². The van der Waals surface area contributed by atoms with E-state index in [4.69, 9.17) is 4.42 Å². The lowest BCUT2D eigenvalue weighted by atomic mass is 9.93. The van der Waals surface area contributed by atoms with Crippen molar-refractivity contribution in [3.05, 3.63) is 52.5 Å². The van der Waals surface area contributed by atoms with Crippen molar-refractivity contribution in [1.29, 1.82) is 0 Å². The fourth-order valence-corrected chi connectivity index (χ4v) is 2.83. The van der Waals surface area contributed by atoms with Crippen LogP contribution in [0.4, 0.5) is 4.39 Å². The van der Waals surface area contributed by atoms with Gasteiger partial charge < -0.3 is 4.42 Å². The molecule has 0 saturated heterocycles. The minimum Gasteiger partial charge on any atom is -0.444 e. The summed E-state index contributed by atoms with van der Waals surface area (Å²) in [6, 6.07) is 5.28. The molecule has 2 aromatic rings. The van der Waals surface area contributed by atoms with Gasteiger partial charge in [0.05, 0.1) is 12.2 Å². The van der Waals surface area contributed by atoms with Crippen molar-refractivity contribution >= 4 is 0 Å². The van der Waals surface area contributed by atoms with Gasteiger partial charge in [-0.25, -0.2) is 9.37 Å². The van der Waals surface area contributed by atoms with Crippen molar-refractivity contribution in [2.45, 2.75) is 39.8 Å². The van der Waals surface area contributed by atoms with E-state index in [1.807, 2.05) is 19.9 Å². The number of oxazole rings is 1. The van der Waals surface area contributed by atoms with Gasteiger partial charge in [0.15, 0.2) is 0 Å². The Kier molecular flexibility index (Phi) is 3.34. The van der Waals surface area contributed by atoms with E-state index in [1.165, 1.54) is 5.56 Å². The minimum atomic E-state index is -0.166. The smallest absolute Gasteiger partial charge is 0.208 e. The third-order valence-electron chi connectivity index (χ3n) is 4.19. The molecule has 3 rings (SSSR count). The van der Waals surface area contributed by atoms with Crippen molar-refractivity contribution < 1.29 is 8.81 Å². The van der Waals surface area contributed by atoms with Gasteiger partial charge in [0.1, 0.15) is 11.6 Å². The maximum absolute atomic E-state index is 13.4. The molecule has 0 amide bonds. The summed E-state index contributed by atoms with van der Waals surface area (Å²) in [6.07, 6.45) is 0.943. The van der Waals surface area contributed by atoms with Crippen LogP contribution in [0.5, 0.6) is 0 Å². The van der Waals surface area contributed by atoms with Crippen LogP contribution in [-0.4, -0.2) is 16.4 Å².